The van der Waals surface area contributed by atoms with Crippen LogP contribution in [0.1, 0.15) is 32.1 Å². The number of hydrogen-bond donors (Lipinski definition) is 0. The molecule has 0 bridgehead atoms. The molecule has 10 heteroatoms. The van der Waals surface area contributed by atoms with Gasteiger partial charge in [-0.3, -0.25) is 0 Å². The van der Waals surface area contributed by atoms with E-state index in [0.29, 0.717) is 0 Å². The maximum absolute atomic E-state index is 13.3. The number of alkyl halides is 7. The molecule has 0 aliphatic carbocycles. The van der Waals surface area contributed by atoms with Crippen molar-refractivity contribution in [1.29, 1.82) is 0 Å². The Morgan fingerprint density at radius 3 is 1.91 bits per heavy atom. The minimum absolute atomic E-state index is 0.285. The van der Waals surface area contributed by atoms with Gasteiger partial charge in [0.1, 0.15) is 0 Å². The molecule has 0 amide bonds. The third-order valence-electron chi connectivity index (χ3n) is 2.84. The topological polar surface area (TPSA) is 0 Å². The van der Waals surface area contributed by atoms with Crippen molar-refractivity contribution in [3.8, 4) is 12.3 Å². The number of allylic oxidation sites excluding steroid dienone is 1. The quantitative estimate of drug-likeness (QED) is 0.274. The van der Waals surface area contributed by atoms with Gasteiger partial charge in [-0.15, -0.1) is 12.3 Å². The van der Waals surface area contributed by atoms with Crippen molar-refractivity contribution in [2.75, 3.05) is 0 Å². The van der Waals surface area contributed by atoms with Gasteiger partial charge in [-0.05, 0) is 6.42 Å². The fourth-order valence-electron chi connectivity index (χ4n) is 1.50. The average molecular weight is 358 g/mol. The van der Waals surface area contributed by atoms with Crippen LogP contribution in [0.25, 0.3) is 0 Å². The van der Waals surface area contributed by atoms with Crippen LogP contribution in [-0.2, 0) is 0 Å². The molecule has 0 saturated heterocycles. The van der Waals surface area contributed by atoms with Crippen LogP contribution in [-0.4, -0.2) is 23.9 Å². The Morgan fingerprint density at radius 2 is 1.48 bits per heavy atom. The van der Waals surface area contributed by atoms with Crippen molar-refractivity contribution >= 4 is 0 Å². The minimum atomic E-state index is -5.18. The van der Waals surface area contributed by atoms with Gasteiger partial charge in [-0.25, -0.2) is 17.6 Å². The van der Waals surface area contributed by atoms with Crippen LogP contribution in [0.4, 0.5) is 43.9 Å². The monoisotopic (exact) mass is 358 g/mol. The summed E-state index contributed by atoms with van der Waals surface area (Å²) in [6.45, 7) is 0. The van der Waals surface area contributed by atoms with Gasteiger partial charge in [-0.1, -0.05) is 0 Å². The summed E-state index contributed by atoms with van der Waals surface area (Å²) in [6.07, 6.45) is -9.86. The molecular formula is C13H12F10. The molecule has 0 nitrogen and oxygen atoms in total. The second-order valence-corrected chi connectivity index (χ2v) is 4.74. The highest BCUT2D eigenvalue weighted by atomic mass is 19.3. The lowest BCUT2D eigenvalue weighted by Crippen LogP contribution is -2.45. The van der Waals surface area contributed by atoms with E-state index in [2.05, 4.69) is 0 Å². The number of terminal acetylenes is 1. The minimum Gasteiger partial charge on any atom is -0.241 e. The Balaban J connectivity index is 5.00. The number of rotatable bonds is 9. The van der Waals surface area contributed by atoms with Crippen molar-refractivity contribution < 1.29 is 43.9 Å². The highest BCUT2D eigenvalue weighted by Gasteiger charge is 2.59. The van der Waals surface area contributed by atoms with E-state index in [1.165, 1.54) is 0 Å². The van der Waals surface area contributed by atoms with Gasteiger partial charge < -0.3 is 0 Å². The summed E-state index contributed by atoms with van der Waals surface area (Å²) in [5.41, 5.74) is 0. The van der Waals surface area contributed by atoms with E-state index < -0.39 is 61.5 Å². The predicted octanol–water partition coefficient (Wildman–Crippen LogP) is 5.89. The van der Waals surface area contributed by atoms with Crippen molar-refractivity contribution in [2.24, 2.45) is 0 Å². The largest absolute Gasteiger partial charge is 0.313 e. The Bertz CT molecular complexity index is 456. The average Bonchev–Trinajstić information content (AvgIpc) is 2.37. The van der Waals surface area contributed by atoms with Crippen molar-refractivity contribution in [3.63, 3.8) is 0 Å². The molecule has 1 atom stereocenters. The number of halogens is 10. The van der Waals surface area contributed by atoms with Gasteiger partial charge in [0.05, 0.1) is 12.8 Å². The maximum atomic E-state index is 13.3. The SMILES string of the molecule is C#CCCCC(F)(F)C(F)(F)CC(F)C(F)(F)CC(F)=C(F)F. The van der Waals surface area contributed by atoms with E-state index in [0.717, 1.165) is 0 Å². The zero-order chi connectivity index (χ0) is 18.5. The first-order valence-corrected chi connectivity index (χ1v) is 6.17. The van der Waals surface area contributed by atoms with Gasteiger partial charge in [-0.2, -0.15) is 26.3 Å². The summed E-state index contributed by atoms with van der Waals surface area (Å²) in [6, 6.07) is 0. The molecule has 0 radical (unpaired) electrons. The molecule has 134 valence electrons. The van der Waals surface area contributed by atoms with Crippen LogP contribution in [0.15, 0.2) is 11.9 Å². The molecule has 0 aliphatic rings. The van der Waals surface area contributed by atoms with Gasteiger partial charge in [0, 0.05) is 12.8 Å². The molecule has 0 aliphatic heterocycles. The molecule has 0 aromatic rings. The van der Waals surface area contributed by atoms with Crippen molar-refractivity contribution in [2.45, 2.75) is 56.0 Å². The molecule has 0 aromatic carbocycles. The summed E-state index contributed by atoms with van der Waals surface area (Å²) >= 11 is 0. The van der Waals surface area contributed by atoms with Crippen LogP contribution >= 0.6 is 0 Å². The van der Waals surface area contributed by atoms with E-state index in [4.69, 9.17) is 6.42 Å². The third-order valence-corrected chi connectivity index (χ3v) is 2.84. The summed E-state index contributed by atoms with van der Waals surface area (Å²) in [7, 11) is 0. The zero-order valence-electron chi connectivity index (χ0n) is 11.5. The standard InChI is InChI=1S/C13H12F10/c1-2-3-4-5-12(20,21)13(22,23)7-9(15)11(18,19)6-8(14)10(16)17/h1,9H,3-7H2. The van der Waals surface area contributed by atoms with Crippen LogP contribution in [0.2, 0.25) is 0 Å². The molecule has 0 saturated carbocycles. The lowest BCUT2D eigenvalue weighted by molar-refractivity contribution is -0.232. The number of unbranched alkanes of at least 4 members (excludes halogenated alkanes) is 1. The molecule has 23 heavy (non-hydrogen) atoms. The van der Waals surface area contributed by atoms with Crippen molar-refractivity contribution in [3.05, 3.63) is 11.9 Å². The maximum Gasteiger partial charge on any atom is 0.313 e. The van der Waals surface area contributed by atoms with E-state index in [1.54, 1.807) is 0 Å². The molecule has 0 rings (SSSR count). The van der Waals surface area contributed by atoms with Crippen LogP contribution in [0.5, 0.6) is 0 Å². The first-order chi connectivity index (χ1) is 10.3. The van der Waals surface area contributed by atoms with E-state index >= 15 is 0 Å². The van der Waals surface area contributed by atoms with E-state index in [9.17, 15) is 43.9 Å². The fourth-order valence-corrected chi connectivity index (χ4v) is 1.50. The molecule has 0 N–H and O–H groups in total. The lowest BCUT2D eigenvalue weighted by atomic mass is 9.96. The molecular weight excluding hydrogens is 346 g/mol. The summed E-state index contributed by atoms with van der Waals surface area (Å²) in [4.78, 5) is 0. The number of hydrogen-bond acceptors (Lipinski definition) is 0. The van der Waals surface area contributed by atoms with Crippen LogP contribution in [0, 0.1) is 12.3 Å². The van der Waals surface area contributed by atoms with Crippen molar-refractivity contribution in [1.82, 2.24) is 0 Å². The third kappa shape index (κ3) is 6.31. The Morgan fingerprint density at radius 1 is 0.957 bits per heavy atom. The first kappa shape index (κ1) is 21.6. The molecule has 0 aromatic heterocycles. The molecule has 0 spiro atoms. The molecule has 1 unspecified atom stereocenters. The van der Waals surface area contributed by atoms with E-state index in [-0.39, 0.29) is 6.42 Å². The van der Waals surface area contributed by atoms with Gasteiger partial charge >= 0.3 is 17.9 Å². The second-order valence-electron chi connectivity index (χ2n) is 4.74. The lowest BCUT2D eigenvalue weighted by Gasteiger charge is -2.29. The van der Waals surface area contributed by atoms with Gasteiger partial charge in [0.15, 0.2) is 12.0 Å². The van der Waals surface area contributed by atoms with E-state index in [1.807, 2.05) is 5.92 Å². The fraction of sp³-hybridized carbons (Fsp3) is 0.692. The highest BCUT2D eigenvalue weighted by Crippen LogP contribution is 2.45. The normalized spacial score (nSPS) is 14.3. The van der Waals surface area contributed by atoms with Crippen LogP contribution in [0.3, 0.4) is 0 Å². The van der Waals surface area contributed by atoms with Gasteiger partial charge in [0.2, 0.25) is 0 Å². The Kier molecular flexibility index (Phi) is 7.44. The predicted molar refractivity (Wildman–Crippen MR) is 62.0 cm³/mol. The Labute approximate surface area is 125 Å². The highest BCUT2D eigenvalue weighted by molar-refractivity contribution is 5.00. The zero-order valence-corrected chi connectivity index (χ0v) is 11.5. The smallest absolute Gasteiger partial charge is 0.241 e. The first-order valence-electron chi connectivity index (χ1n) is 6.17. The van der Waals surface area contributed by atoms with Gasteiger partial charge in [0.25, 0.3) is 5.92 Å². The second kappa shape index (κ2) is 7.93. The Hall–Kier alpha value is -1.40. The molecule has 0 fully saturated rings. The summed E-state index contributed by atoms with van der Waals surface area (Å²) in [5.74, 6) is -15.8. The summed E-state index contributed by atoms with van der Waals surface area (Å²) < 4.78 is 128. The summed E-state index contributed by atoms with van der Waals surface area (Å²) in [5, 5.41) is 0. The molecule has 0 heterocycles. The van der Waals surface area contributed by atoms with Crippen LogP contribution < -0.4 is 0 Å².